The minimum atomic E-state index is 0.233. The normalized spacial score (nSPS) is 11.4. The molecule has 0 unspecified atom stereocenters. The number of aliphatic hydroxyl groups is 1. The van der Waals surface area contributed by atoms with Crippen LogP contribution >= 0.6 is 11.3 Å². The van der Waals surface area contributed by atoms with Gasteiger partial charge in [-0.1, -0.05) is 6.07 Å². The third-order valence-electron chi connectivity index (χ3n) is 2.98. The molecule has 0 spiro atoms. The standard InChI is InChI=1S/C14H23NO2S/c1-12(2)15(9-5-10-16)8-3-6-13(17)14-7-4-11-18-14/h4,7,11-12,16H,3,5-6,8-10H2,1-2H3. The third-order valence-corrected chi connectivity index (χ3v) is 3.89. The van der Waals surface area contributed by atoms with Crippen LogP contribution in [0.15, 0.2) is 17.5 Å². The molecular formula is C14H23NO2S. The van der Waals surface area contributed by atoms with Crippen molar-refractivity contribution in [2.45, 2.75) is 39.2 Å². The van der Waals surface area contributed by atoms with Crippen molar-refractivity contribution in [2.24, 2.45) is 0 Å². The molecule has 1 heterocycles. The number of aliphatic hydroxyl groups excluding tert-OH is 1. The van der Waals surface area contributed by atoms with Gasteiger partial charge in [-0.3, -0.25) is 4.79 Å². The van der Waals surface area contributed by atoms with Crippen molar-refractivity contribution >= 4 is 17.1 Å². The summed E-state index contributed by atoms with van der Waals surface area (Å²) >= 11 is 1.51. The van der Waals surface area contributed by atoms with Crippen molar-refractivity contribution in [1.82, 2.24) is 4.90 Å². The molecule has 0 bridgehead atoms. The van der Waals surface area contributed by atoms with E-state index in [1.807, 2.05) is 17.5 Å². The maximum absolute atomic E-state index is 11.8. The molecule has 0 saturated heterocycles. The Hall–Kier alpha value is -0.710. The zero-order chi connectivity index (χ0) is 13.4. The molecule has 102 valence electrons. The van der Waals surface area contributed by atoms with E-state index in [1.165, 1.54) is 11.3 Å². The molecule has 0 atom stereocenters. The highest BCUT2D eigenvalue weighted by Crippen LogP contribution is 2.13. The first kappa shape index (κ1) is 15.3. The largest absolute Gasteiger partial charge is 0.396 e. The van der Waals surface area contributed by atoms with Gasteiger partial charge in [-0.15, -0.1) is 11.3 Å². The average molecular weight is 269 g/mol. The van der Waals surface area contributed by atoms with E-state index in [0.717, 1.165) is 30.8 Å². The Bertz CT molecular complexity index is 336. The Kier molecular flexibility index (Phi) is 7.16. The van der Waals surface area contributed by atoms with E-state index in [0.29, 0.717) is 12.5 Å². The summed E-state index contributed by atoms with van der Waals surface area (Å²) in [6.45, 7) is 6.37. The molecule has 0 aromatic carbocycles. The molecule has 4 heteroatoms. The van der Waals surface area contributed by atoms with E-state index in [9.17, 15) is 4.79 Å². The van der Waals surface area contributed by atoms with Gasteiger partial charge in [0.1, 0.15) is 0 Å². The van der Waals surface area contributed by atoms with Crippen LogP contribution in [-0.2, 0) is 0 Å². The van der Waals surface area contributed by atoms with Gasteiger partial charge in [-0.05, 0) is 44.7 Å². The summed E-state index contributed by atoms with van der Waals surface area (Å²) in [5.41, 5.74) is 0. The van der Waals surface area contributed by atoms with Crippen LogP contribution in [-0.4, -0.2) is 41.5 Å². The lowest BCUT2D eigenvalue weighted by molar-refractivity contribution is 0.0974. The molecule has 1 aromatic rings. The number of hydrogen-bond acceptors (Lipinski definition) is 4. The molecule has 3 nitrogen and oxygen atoms in total. The number of carbonyl (C=O) groups excluding carboxylic acids is 1. The second-order valence-electron chi connectivity index (χ2n) is 4.71. The van der Waals surface area contributed by atoms with Crippen LogP contribution in [0.3, 0.4) is 0 Å². The summed E-state index contributed by atoms with van der Waals surface area (Å²) in [5.74, 6) is 0.246. The average Bonchev–Trinajstić information content (AvgIpc) is 2.86. The molecule has 0 radical (unpaired) electrons. The Morgan fingerprint density at radius 3 is 2.67 bits per heavy atom. The summed E-state index contributed by atoms with van der Waals surface area (Å²) in [6, 6.07) is 4.27. The summed E-state index contributed by atoms with van der Waals surface area (Å²) in [4.78, 5) is 15.0. The Morgan fingerprint density at radius 1 is 1.39 bits per heavy atom. The predicted molar refractivity (Wildman–Crippen MR) is 76.3 cm³/mol. The van der Waals surface area contributed by atoms with Gasteiger partial charge in [0, 0.05) is 25.6 Å². The predicted octanol–water partition coefficient (Wildman–Crippen LogP) is 2.80. The van der Waals surface area contributed by atoms with Crippen LogP contribution in [0.2, 0.25) is 0 Å². The fourth-order valence-corrected chi connectivity index (χ4v) is 2.60. The Morgan fingerprint density at radius 2 is 2.11 bits per heavy atom. The van der Waals surface area contributed by atoms with Crippen molar-refractivity contribution in [1.29, 1.82) is 0 Å². The zero-order valence-electron chi connectivity index (χ0n) is 11.3. The topological polar surface area (TPSA) is 40.5 Å². The minimum absolute atomic E-state index is 0.233. The van der Waals surface area contributed by atoms with Crippen LogP contribution < -0.4 is 0 Å². The SMILES string of the molecule is CC(C)N(CCCO)CCCC(=O)c1cccs1. The lowest BCUT2D eigenvalue weighted by Gasteiger charge is -2.25. The van der Waals surface area contributed by atoms with Crippen molar-refractivity contribution in [3.63, 3.8) is 0 Å². The number of carbonyl (C=O) groups is 1. The molecule has 0 fully saturated rings. The van der Waals surface area contributed by atoms with E-state index >= 15 is 0 Å². The summed E-state index contributed by atoms with van der Waals surface area (Å²) in [5, 5.41) is 10.8. The zero-order valence-corrected chi connectivity index (χ0v) is 12.1. The smallest absolute Gasteiger partial charge is 0.172 e. The van der Waals surface area contributed by atoms with Crippen LogP contribution in [0.5, 0.6) is 0 Å². The number of Topliss-reactive ketones (excluding diaryl/α,β-unsaturated/α-hetero) is 1. The Labute approximate surface area is 113 Å². The quantitative estimate of drug-likeness (QED) is 0.701. The van der Waals surface area contributed by atoms with Gasteiger partial charge in [-0.25, -0.2) is 0 Å². The fourth-order valence-electron chi connectivity index (χ4n) is 1.91. The summed E-state index contributed by atoms with van der Waals surface area (Å²) < 4.78 is 0. The van der Waals surface area contributed by atoms with Gasteiger partial charge >= 0.3 is 0 Å². The maximum atomic E-state index is 11.8. The molecule has 0 aliphatic carbocycles. The Balaban J connectivity index is 2.28. The van der Waals surface area contributed by atoms with Gasteiger partial charge < -0.3 is 10.0 Å². The number of nitrogens with zero attached hydrogens (tertiary/aromatic N) is 1. The molecule has 1 aromatic heterocycles. The van der Waals surface area contributed by atoms with E-state index < -0.39 is 0 Å². The maximum Gasteiger partial charge on any atom is 0.172 e. The van der Waals surface area contributed by atoms with Crippen molar-refractivity contribution in [3.8, 4) is 0 Å². The number of ketones is 1. The number of hydrogen-bond donors (Lipinski definition) is 1. The van der Waals surface area contributed by atoms with Gasteiger partial charge in [0.05, 0.1) is 4.88 Å². The second kappa shape index (κ2) is 8.40. The second-order valence-corrected chi connectivity index (χ2v) is 5.66. The van der Waals surface area contributed by atoms with E-state index in [2.05, 4.69) is 18.7 Å². The first-order valence-electron chi connectivity index (χ1n) is 6.56. The van der Waals surface area contributed by atoms with E-state index in [1.54, 1.807) is 0 Å². The van der Waals surface area contributed by atoms with Crippen molar-refractivity contribution in [3.05, 3.63) is 22.4 Å². The van der Waals surface area contributed by atoms with Crippen LogP contribution in [0, 0.1) is 0 Å². The lowest BCUT2D eigenvalue weighted by atomic mass is 10.1. The first-order chi connectivity index (χ1) is 8.65. The minimum Gasteiger partial charge on any atom is -0.396 e. The van der Waals surface area contributed by atoms with E-state index in [4.69, 9.17) is 5.11 Å². The molecule has 18 heavy (non-hydrogen) atoms. The van der Waals surface area contributed by atoms with Crippen LogP contribution in [0.4, 0.5) is 0 Å². The highest BCUT2D eigenvalue weighted by molar-refractivity contribution is 7.12. The van der Waals surface area contributed by atoms with Gasteiger partial charge in [0.15, 0.2) is 5.78 Å². The van der Waals surface area contributed by atoms with E-state index in [-0.39, 0.29) is 12.4 Å². The van der Waals surface area contributed by atoms with Crippen molar-refractivity contribution in [2.75, 3.05) is 19.7 Å². The molecule has 1 N–H and O–H groups in total. The molecule has 0 aliphatic heterocycles. The molecule has 0 amide bonds. The number of rotatable bonds is 9. The summed E-state index contributed by atoms with van der Waals surface area (Å²) in [6.07, 6.45) is 2.31. The highest BCUT2D eigenvalue weighted by atomic mass is 32.1. The first-order valence-corrected chi connectivity index (χ1v) is 7.44. The lowest BCUT2D eigenvalue weighted by Crippen LogP contribution is -2.33. The van der Waals surface area contributed by atoms with Crippen molar-refractivity contribution < 1.29 is 9.90 Å². The monoisotopic (exact) mass is 269 g/mol. The third kappa shape index (κ3) is 5.29. The van der Waals surface area contributed by atoms with Crippen LogP contribution in [0.1, 0.15) is 42.8 Å². The van der Waals surface area contributed by atoms with Gasteiger partial charge in [-0.2, -0.15) is 0 Å². The molecule has 1 rings (SSSR count). The summed E-state index contributed by atoms with van der Waals surface area (Å²) in [7, 11) is 0. The molecular weight excluding hydrogens is 246 g/mol. The van der Waals surface area contributed by atoms with Crippen LogP contribution in [0.25, 0.3) is 0 Å². The fraction of sp³-hybridized carbons (Fsp3) is 0.643. The van der Waals surface area contributed by atoms with Gasteiger partial charge in [0.25, 0.3) is 0 Å². The molecule has 0 saturated carbocycles. The number of thiophene rings is 1. The highest BCUT2D eigenvalue weighted by Gasteiger charge is 2.11. The molecule has 0 aliphatic rings. The van der Waals surface area contributed by atoms with Gasteiger partial charge in [0.2, 0.25) is 0 Å².